The Labute approximate surface area is 84.6 Å². The fourth-order valence-corrected chi connectivity index (χ4v) is 2.00. The van der Waals surface area contributed by atoms with Crippen LogP contribution in [-0.4, -0.2) is 37.4 Å². The first-order chi connectivity index (χ1) is 6.75. The summed E-state index contributed by atoms with van der Waals surface area (Å²) in [6.45, 7) is 1.58. The molecule has 0 aromatic heterocycles. The number of hydrogen-bond acceptors (Lipinski definition) is 3. The fraction of sp³-hybridized carbons (Fsp3) is 0.900. The molecule has 0 heterocycles. The number of rotatable bonds is 6. The van der Waals surface area contributed by atoms with E-state index in [4.69, 9.17) is 9.84 Å². The van der Waals surface area contributed by atoms with E-state index in [1.54, 1.807) is 7.11 Å². The molecule has 4 nitrogen and oxygen atoms in total. The summed E-state index contributed by atoms with van der Waals surface area (Å²) in [6, 6.07) is 0.171. The van der Waals surface area contributed by atoms with Crippen molar-refractivity contribution >= 4 is 5.97 Å². The maximum atomic E-state index is 10.8. The fourth-order valence-electron chi connectivity index (χ4n) is 2.00. The lowest BCUT2D eigenvalue weighted by molar-refractivity contribution is -0.142. The van der Waals surface area contributed by atoms with Gasteiger partial charge in [-0.05, 0) is 25.8 Å². The summed E-state index contributed by atoms with van der Waals surface area (Å²) in [5.74, 6) is -0.843. The average molecular weight is 201 g/mol. The second-order valence-corrected chi connectivity index (χ2v) is 3.78. The third-order valence-electron chi connectivity index (χ3n) is 2.76. The van der Waals surface area contributed by atoms with E-state index in [-0.39, 0.29) is 12.0 Å². The Morgan fingerprint density at radius 2 is 2.36 bits per heavy atom. The van der Waals surface area contributed by atoms with Crippen LogP contribution < -0.4 is 5.32 Å². The standard InChI is InChI=1S/C10H19NO3/c1-14-7-3-6-11-9-5-2-4-8(9)10(12)13/h8-9,11H,2-7H2,1H3,(H,12,13). The van der Waals surface area contributed by atoms with Gasteiger partial charge in [-0.1, -0.05) is 6.42 Å². The second kappa shape index (κ2) is 5.98. The first-order valence-corrected chi connectivity index (χ1v) is 5.21. The summed E-state index contributed by atoms with van der Waals surface area (Å²) in [5.41, 5.74) is 0. The largest absolute Gasteiger partial charge is 0.481 e. The van der Waals surface area contributed by atoms with Crippen LogP contribution in [0.2, 0.25) is 0 Å². The molecule has 0 saturated heterocycles. The number of ether oxygens (including phenoxy) is 1. The molecule has 1 saturated carbocycles. The van der Waals surface area contributed by atoms with Gasteiger partial charge in [-0.2, -0.15) is 0 Å². The Hall–Kier alpha value is -0.610. The number of carboxylic acids is 1. The van der Waals surface area contributed by atoms with E-state index in [1.165, 1.54) is 0 Å². The van der Waals surface area contributed by atoms with Crippen LogP contribution in [0.4, 0.5) is 0 Å². The number of methoxy groups -OCH3 is 1. The van der Waals surface area contributed by atoms with Crippen molar-refractivity contribution in [3.8, 4) is 0 Å². The first-order valence-electron chi connectivity index (χ1n) is 5.21. The van der Waals surface area contributed by atoms with Crippen LogP contribution in [0.3, 0.4) is 0 Å². The number of nitrogens with one attached hydrogen (secondary N) is 1. The Morgan fingerprint density at radius 3 is 3.00 bits per heavy atom. The van der Waals surface area contributed by atoms with Gasteiger partial charge in [0.05, 0.1) is 5.92 Å². The molecule has 14 heavy (non-hydrogen) atoms. The summed E-state index contributed by atoms with van der Waals surface area (Å²) in [6.07, 6.45) is 3.78. The molecule has 2 N–H and O–H groups in total. The summed E-state index contributed by atoms with van der Waals surface area (Å²) < 4.78 is 4.92. The molecule has 0 amide bonds. The van der Waals surface area contributed by atoms with Gasteiger partial charge in [-0.3, -0.25) is 4.79 Å². The van der Waals surface area contributed by atoms with Crippen molar-refractivity contribution in [2.45, 2.75) is 31.7 Å². The molecule has 2 atom stereocenters. The summed E-state index contributed by atoms with van der Waals surface area (Å²) >= 11 is 0. The molecule has 1 aliphatic carbocycles. The monoisotopic (exact) mass is 201 g/mol. The number of carboxylic acid groups (broad SMARTS) is 1. The zero-order valence-electron chi connectivity index (χ0n) is 8.66. The number of aliphatic carboxylic acids is 1. The molecule has 2 unspecified atom stereocenters. The van der Waals surface area contributed by atoms with Crippen molar-refractivity contribution in [2.24, 2.45) is 5.92 Å². The van der Waals surface area contributed by atoms with Gasteiger partial charge in [-0.25, -0.2) is 0 Å². The van der Waals surface area contributed by atoms with Gasteiger partial charge in [0, 0.05) is 19.8 Å². The molecular weight excluding hydrogens is 182 g/mol. The third-order valence-corrected chi connectivity index (χ3v) is 2.76. The van der Waals surface area contributed by atoms with Crippen molar-refractivity contribution in [3.05, 3.63) is 0 Å². The Balaban J connectivity index is 2.19. The van der Waals surface area contributed by atoms with Gasteiger partial charge in [0.2, 0.25) is 0 Å². The van der Waals surface area contributed by atoms with Crippen LogP contribution in [0, 0.1) is 5.92 Å². The maximum Gasteiger partial charge on any atom is 0.308 e. The van der Waals surface area contributed by atoms with E-state index in [0.717, 1.165) is 38.8 Å². The minimum absolute atomic E-state index is 0.171. The molecule has 0 radical (unpaired) electrons. The normalized spacial score (nSPS) is 26.6. The highest BCUT2D eigenvalue weighted by molar-refractivity contribution is 5.71. The van der Waals surface area contributed by atoms with E-state index in [0.29, 0.717) is 0 Å². The molecule has 0 aliphatic heterocycles. The van der Waals surface area contributed by atoms with Gasteiger partial charge in [0.15, 0.2) is 0 Å². The zero-order chi connectivity index (χ0) is 10.4. The third kappa shape index (κ3) is 3.27. The number of carbonyl (C=O) groups is 1. The summed E-state index contributed by atoms with van der Waals surface area (Å²) in [7, 11) is 1.68. The topological polar surface area (TPSA) is 58.6 Å². The average Bonchev–Trinajstić information content (AvgIpc) is 2.60. The Morgan fingerprint density at radius 1 is 1.57 bits per heavy atom. The molecule has 1 fully saturated rings. The predicted octanol–water partition coefficient (Wildman–Crippen LogP) is 0.866. The highest BCUT2D eigenvalue weighted by Gasteiger charge is 2.31. The van der Waals surface area contributed by atoms with E-state index in [1.807, 2.05) is 0 Å². The predicted molar refractivity (Wildman–Crippen MR) is 53.3 cm³/mol. The van der Waals surface area contributed by atoms with Crippen LogP contribution in [0.25, 0.3) is 0 Å². The molecule has 4 heteroatoms. The van der Waals surface area contributed by atoms with Crippen LogP contribution >= 0.6 is 0 Å². The summed E-state index contributed by atoms with van der Waals surface area (Å²) in [5, 5.41) is 12.2. The SMILES string of the molecule is COCCCNC1CCCC1C(=O)O. The van der Waals surface area contributed by atoms with Crippen molar-refractivity contribution in [1.82, 2.24) is 5.32 Å². The van der Waals surface area contributed by atoms with Crippen LogP contribution in [-0.2, 0) is 9.53 Å². The van der Waals surface area contributed by atoms with Crippen molar-refractivity contribution in [3.63, 3.8) is 0 Å². The number of hydrogen-bond donors (Lipinski definition) is 2. The maximum absolute atomic E-state index is 10.8. The lowest BCUT2D eigenvalue weighted by Gasteiger charge is -2.17. The molecule has 0 spiro atoms. The molecule has 0 bridgehead atoms. The van der Waals surface area contributed by atoms with Gasteiger partial charge < -0.3 is 15.2 Å². The Kier molecular flexibility index (Phi) is 4.90. The van der Waals surface area contributed by atoms with Gasteiger partial charge in [0.1, 0.15) is 0 Å². The van der Waals surface area contributed by atoms with E-state index < -0.39 is 5.97 Å². The first kappa shape index (κ1) is 11.5. The lowest BCUT2D eigenvalue weighted by Crippen LogP contribution is -2.37. The zero-order valence-corrected chi connectivity index (χ0v) is 8.66. The molecular formula is C10H19NO3. The van der Waals surface area contributed by atoms with Gasteiger partial charge in [0.25, 0.3) is 0 Å². The highest BCUT2D eigenvalue weighted by atomic mass is 16.5. The van der Waals surface area contributed by atoms with Gasteiger partial charge >= 0.3 is 5.97 Å². The van der Waals surface area contributed by atoms with Crippen LogP contribution in [0.15, 0.2) is 0 Å². The molecule has 82 valence electrons. The molecule has 1 aliphatic rings. The second-order valence-electron chi connectivity index (χ2n) is 3.78. The van der Waals surface area contributed by atoms with E-state index in [9.17, 15) is 4.79 Å². The van der Waals surface area contributed by atoms with Crippen molar-refractivity contribution in [2.75, 3.05) is 20.3 Å². The Bertz CT molecular complexity index is 184. The van der Waals surface area contributed by atoms with Crippen LogP contribution in [0.5, 0.6) is 0 Å². The van der Waals surface area contributed by atoms with Gasteiger partial charge in [-0.15, -0.1) is 0 Å². The van der Waals surface area contributed by atoms with Crippen LogP contribution in [0.1, 0.15) is 25.7 Å². The van der Waals surface area contributed by atoms with Crippen molar-refractivity contribution in [1.29, 1.82) is 0 Å². The summed E-state index contributed by atoms with van der Waals surface area (Å²) in [4.78, 5) is 10.8. The lowest BCUT2D eigenvalue weighted by atomic mass is 10.0. The smallest absolute Gasteiger partial charge is 0.308 e. The molecule has 0 aromatic rings. The molecule has 0 aromatic carbocycles. The minimum atomic E-state index is -0.660. The molecule has 1 rings (SSSR count). The van der Waals surface area contributed by atoms with E-state index in [2.05, 4.69) is 5.32 Å². The van der Waals surface area contributed by atoms with E-state index >= 15 is 0 Å². The quantitative estimate of drug-likeness (QED) is 0.626. The van der Waals surface area contributed by atoms with Crippen molar-refractivity contribution < 1.29 is 14.6 Å². The minimum Gasteiger partial charge on any atom is -0.481 e. The highest BCUT2D eigenvalue weighted by Crippen LogP contribution is 2.25.